The number of rotatable bonds is 7. The van der Waals surface area contributed by atoms with Crippen molar-refractivity contribution in [3.05, 3.63) is 113 Å². The molecule has 172 valence electrons. The van der Waals surface area contributed by atoms with Gasteiger partial charge in [0, 0.05) is 11.1 Å². The lowest BCUT2D eigenvalue weighted by atomic mass is 9.97. The summed E-state index contributed by atoms with van der Waals surface area (Å²) in [5, 5.41) is 9.15. The predicted octanol–water partition coefficient (Wildman–Crippen LogP) is 7.50. The number of hydrogen-bond donors (Lipinski definition) is 1. The molecule has 1 N–H and O–H groups in total. The third-order valence-electron chi connectivity index (χ3n) is 5.48. The zero-order valence-electron chi connectivity index (χ0n) is 18.6. The van der Waals surface area contributed by atoms with Crippen molar-refractivity contribution >= 4 is 12.2 Å². The smallest absolute Gasteiger partial charge is 0.167 e. The van der Waals surface area contributed by atoms with Gasteiger partial charge in [-0.25, -0.2) is 13.2 Å². The quantitative estimate of drug-likeness (QED) is 0.289. The summed E-state index contributed by atoms with van der Waals surface area (Å²) in [6.07, 6.45) is 3.58. The number of benzene rings is 4. The summed E-state index contributed by atoms with van der Waals surface area (Å²) in [4.78, 5) is 0. The number of aliphatic hydroxyl groups is 1. The van der Waals surface area contributed by atoms with E-state index in [1.54, 1.807) is 85.8 Å². The van der Waals surface area contributed by atoms with Gasteiger partial charge >= 0.3 is 0 Å². The van der Waals surface area contributed by atoms with Gasteiger partial charge in [-0.05, 0) is 46.9 Å². The minimum absolute atomic E-state index is 0.113. The summed E-state index contributed by atoms with van der Waals surface area (Å²) >= 11 is 0. The van der Waals surface area contributed by atoms with E-state index in [1.807, 2.05) is 6.08 Å². The van der Waals surface area contributed by atoms with E-state index in [2.05, 4.69) is 0 Å². The molecule has 0 saturated heterocycles. The zero-order chi connectivity index (χ0) is 24.1. The van der Waals surface area contributed by atoms with Gasteiger partial charge in [0.05, 0.1) is 13.2 Å². The highest BCUT2D eigenvalue weighted by atomic mass is 19.2. The minimum Gasteiger partial charge on any atom is -0.491 e. The van der Waals surface area contributed by atoms with Crippen molar-refractivity contribution in [2.24, 2.45) is 0 Å². The predicted molar refractivity (Wildman–Crippen MR) is 130 cm³/mol. The second-order valence-electron chi connectivity index (χ2n) is 7.72. The van der Waals surface area contributed by atoms with Crippen LogP contribution in [-0.4, -0.2) is 11.7 Å². The average molecular weight is 460 g/mol. The maximum atomic E-state index is 14.9. The summed E-state index contributed by atoms with van der Waals surface area (Å²) in [6, 6.07) is 21.5. The molecule has 0 saturated carbocycles. The van der Waals surface area contributed by atoms with E-state index in [1.165, 1.54) is 6.07 Å². The number of halogens is 3. The molecule has 34 heavy (non-hydrogen) atoms. The van der Waals surface area contributed by atoms with Gasteiger partial charge in [0.25, 0.3) is 0 Å². The van der Waals surface area contributed by atoms with Crippen LogP contribution < -0.4 is 4.74 Å². The molecule has 4 rings (SSSR count). The van der Waals surface area contributed by atoms with Crippen molar-refractivity contribution in [1.82, 2.24) is 0 Å². The van der Waals surface area contributed by atoms with Gasteiger partial charge < -0.3 is 9.84 Å². The van der Waals surface area contributed by atoms with Crippen LogP contribution in [0, 0.1) is 17.5 Å². The molecule has 0 heterocycles. The molecule has 0 spiro atoms. The molecule has 0 atom stereocenters. The lowest BCUT2D eigenvalue weighted by Crippen LogP contribution is -1.94. The summed E-state index contributed by atoms with van der Waals surface area (Å²) in [7, 11) is 0. The molecule has 4 aromatic rings. The molecule has 0 aliphatic rings. The van der Waals surface area contributed by atoms with Crippen molar-refractivity contribution in [3.63, 3.8) is 0 Å². The van der Waals surface area contributed by atoms with Gasteiger partial charge in [-0.3, -0.25) is 0 Å². The van der Waals surface area contributed by atoms with Gasteiger partial charge in [-0.1, -0.05) is 78.9 Å². The molecule has 0 fully saturated rings. The molecule has 4 aromatic carbocycles. The van der Waals surface area contributed by atoms with Crippen molar-refractivity contribution in [2.75, 3.05) is 6.61 Å². The van der Waals surface area contributed by atoms with Gasteiger partial charge in [-0.15, -0.1) is 0 Å². The number of ether oxygens (including phenoxy) is 1. The Morgan fingerprint density at radius 3 is 1.76 bits per heavy atom. The van der Waals surface area contributed by atoms with Gasteiger partial charge in [0.15, 0.2) is 23.2 Å². The van der Waals surface area contributed by atoms with Crippen LogP contribution >= 0.6 is 0 Å². The van der Waals surface area contributed by atoms with Crippen molar-refractivity contribution in [1.29, 1.82) is 0 Å². The first-order valence-electron chi connectivity index (χ1n) is 10.9. The van der Waals surface area contributed by atoms with Crippen molar-refractivity contribution in [3.8, 4) is 28.0 Å². The Hall–Kier alpha value is -3.83. The second-order valence-corrected chi connectivity index (χ2v) is 7.72. The van der Waals surface area contributed by atoms with Crippen LogP contribution in [0.4, 0.5) is 13.2 Å². The number of hydrogen-bond acceptors (Lipinski definition) is 2. The molecule has 2 nitrogen and oxygen atoms in total. The largest absolute Gasteiger partial charge is 0.491 e. The summed E-state index contributed by atoms with van der Waals surface area (Å²) in [5.74, 6) is -2.05. The van der Waals surface area contributed by atoms with E-state index in [0.29, 0.717) is 28.9 Å². The SMILES string of the molecule is CCOc1ccc(C=Cc2ccc(-c3ccc(-c4ccc(CO)cc4)c(F)c3F)cc2)cc1F. The van der Waals surface area contributed by atoms with E-state index < -0.39 is 17.5 Å². The van der Waals surface area contributed by atoms with Crippen LogP contribution in [-0.2, 0) is 6.61 Å². The molecule has 0 bridgehead atoms. The Morgan fingerprint density at radius 1 is 0.706 bits per heavy atom. The Labute approximate surface area is 196 Å². The van der Waals surface area contributed by atoms with Crippen molar-refractivity contribution in [2.45, 2.75) is 13.5 Å². The van der Waals surface area contributed by atoms with Crippen molar-refractivity contribution < 1.29 is 23.0 Å². The third kappa shape index (κ3) is 5.05. The first-order valence-corrected chi connectivity index (χ1v) is 10.9. The van der Waals surface area contributed by atoms with Crippen LogP contribution in [0.2, 0.25) is 0 Å². The third-order valence-corrected chi connectivity index (χ3v) is 5.48. The van der Waals surface area contributed by atoms with Gasteiger partial charge in [0.1, 0.15) is 0 Å². The molecule has 5 heteroatoms. The molecule has 0 aromatic heterocycles. The highest BCUT2D eigenvalue weighted by Gasteiger charge is 2.16. The van der Waals surface area contributed by atoms with Crippen LogP contribution in [0.25, 0.3) is 34.4 Å². The summed E-state index contributed by atoms with van der Waals surface area (Å²) < 4.78 is 49.0. The summed E-state index contributed by atoms with van der Waals surface area (Å²) in [5.41, 5.74) is 3.61. The highest BCUT2D eigenvalue weighted by molar-refractivity contribution is 5.74. The zero-order valence-corrected chi connectivity index (χ0v) is 18.6. The monoisotopic (exact) mass is 460 g/mol. The Balaban J connectivity index is 1.54. The molecule has 0 aliphatic heterocycles. The van der Waals surface area contributed by atoms with Gasteiger partial charge in [-0.2, -0.15) is 0 Å². The standard InChI is InChI=1S/C29H23F3O2/c1-2-34-27-16-9-20(17-26(27)30)4-3-19-5-10-22(11-6-19)24-14-15-25(29(32)28(24)31)23-12-7-21(18-33)8-13-23/h3-17,33H,2,18H2,1H3. The van der Waals surface area contributed by atoms with E-state index in [4.69, 9.17) is 9.84 Å². The van der Waals surface area contributed by atoms with E-state index in [9.17, 15) is 13.2 Å². The van der Waals surface area contributed by atoms with E-state index >= 15 is 0 Å². The van der Waals surface area contributed by atoms with Crippen LogP contribution in [0.1, 0.15) is 23.6 Å². The van der Waals surface area contributed by atoms with E-state index in [-0.39, 0.29) is 23.5 Å². The molecule has 0 radical (unpaired) electrons. The number of aliphatic hydroxyl groups excluding tert-OH is 1. The molecular formula is C29H23F3O2. The molecule has 0 amide bonds. The lowest BCUT2D eigenvalue weighted by molar-refractivity contribution is 0.282. The highest BCUT2D eigenvalue weighted by Crippen LogP contribution is 2.32. The Morgan fingerprint density at radius 2 is 1.24 bits per heavy atom. The maximum Gasteiger partial charge on any atom is 0.167 e. The molecular weight excluding hydrogens is 437 g/mol. The Bertz CT molecular complexity index is 1310. The Kier molecular flexibility index (Phi) is 7.14. The first kappa shape index (κ1) is 23.3. The molecule has 0 unspecified atom stereocenters. The fourth-order valence-corrected chi connectivity index (χ4v) is 3.64. The maximum absolute atomic E-state index is 14.9. The first-order chi connectivity index (χ1) is 16.5. The van der Waals surface area contributed by atoms with Crippen LogP contribution in [0.15, 0.2) is 78.9 Å². The van der Waals surface area contributed by atoms with Crippen LogP contribution in [0.3, 0.4) is 0 Å². The van der Waals surface area contributed by atoms with Gasteiger partial charge in [0.2, 0.25) is 0 Å². The topological polar surface area (TPSA) is 29.5 Å². The minimum atomic E-state index is -0.921. The normalized spacial score (nSPS) is 11.2. The second kappa shape index (κ2) is 10.4. The van der Waals surface area contributed by atoms with E-state index in [0.717, 1.165) is 5.56 Å². The molecule has 0 aliphatic carbocycles. The fraction of sp³-hybridized carbons (Fsp3) is 0.103. The fourth-order valence-electron chi connectivity index (χ4n) is 3.64. The lowest BCUT2D eigenvalue weighted by Gasteiger charge is -2.10. The van der Waals surface area contributed by atoms with Crippen LogP contribution in [0.5, 0.6) is 5.75 Å². The average Bonchev–Trinajstić information content (AvgIpc) is 2.86. The summed E-state index contributed by atoms with van der Waals surface area (Å²) in [6.45, 7) is 2.07.